The fourth-order valence-electron chi connectivity index (χ4n) is 2.24. The summed E-state index contributed by atoms with van der Waals surface area (Å²) in [5.74, 6) is 0. The molecule has 0 bridgehead atoms. The summed E-state index contributed by atoms with van der Waals surface area (Å²) in [4.78, 5) is 0. The van der Waals surface area contributed by atoms with E-state index in [1.165, 1.54) is 31.4 Å². The van der Waals surface area contributed by atoms with Crippen molar-refractivity contribution < 1.29 is 0 Å². The quantitative estimate of drug-likeness (QED) is 0.482. The Hall–Kier alpha value is -0.280. The first-order valence-electron chi connectivity index (χ1n) is 5.96. The fourth-order valence-corrected chi connectivity index (χ4v) is 3.50. The molecule has 1 atom stereocenters. The maximum atomic E-state index is 4.50. The lowest BCUT2D eigenvalue weighted by Crippen LogP contribution is -2.27. The Morgan fingerprint density at radius 2 is 1.88 bits per heavy atom. The lowest BCUT2D eigenvalue weighted by molar-refractivity contribution is 0.710. The predicted molar refractivity (Wildman–Crippen MR) is 77.2 cm³/mol. The number of hydrogen-bond acceptors (Lipinski definition) is 3. The van der Waals surface area contributed by atoms with Crippen LogP contribution in [0.2, 0.25) is 0 Å². The second-order valence-electron chi connectivity index (χ2n) is 4.30. The molecule has 2 rings (SSSR count). The Labute approximate surface area is 108 Å². The van der Waals surface area contributed by atoms with Gasteiger partial charge in [-0.3, -0.25) is 0 Å². The van der Waals surface area contributed by atoms with E-state index in [1.807, 2.05) is 11.9 Å². The zero-order chi connectivity index (χ0) is 11.4. The van der Waals surface area contributed by atoms with E-state index in [9.17, 15) is 0 Å². The van der Waals surface area contributed by atoms with Gasteiger partial charge in [0.05, 0.1) is 4.58 Å². The maximum absolute atomic E-state index is 4.50. The summed E-state index contributed by atoms with van der Waals surface area (Å²) in [6.45, 7) is 2.14. The lowest BCUT2D eigenvalue weighted by atomic mass is 10.2. The van der Waals surface area contributed by atoms with Crippen molar-refractivity contribution in [2.75, 3.05) is 4.31 Å². The number of rotatable bonds is 4. The van der Waals surface area contributed by atoms with Crippen LogP contribution < -0.4 is 4.31 Å². The van der Waals surface area contributed by atoms with Crippen molar-refractivity contribution in [1.82, 2.24) is 0 Å². The van der Waals surface area contributed by atoms with Crippen molar-refractivity contribution in [1.29, 1.82) is 0 Å². The molecule has 0 spiro atoms. The third kappa shape index (κ3) is 3.11. The molecule has 1 unspecified atom stereocenters. The van der Waals surface area contributed by atoms with Crippen LogP contribution in [-0.2, 0) is 0 Å². The number of benzene rings is 1. The molecule has 88 valence electrons. The van der Waals surface area contributed by atoms with E-state index >= 15 is 0 Å². The summed E-state index contributed by atoms with van der Waals surface area (Å²) in [5.41, 5.74) is 1.32. The van der Waals surface area contributed by atoms with Crippen molar-refractivity contribution in [3.05, 3.63) is 30.3 Å². The number of anilines is 1. The number of thiol groups is 1. The Morgan fingerprint density at radius 3 is 2.44 bits per heavy atom. The minimum Gasteiger partial charge on any atom is -0.312 e. The van der Waals surface area contributed by atoms with E-state index in [1.54, 1.807) is 0 Å². The molecule has 1 aliphatic rings. The topological polar surface area (TPSA) is 3.24 Å². The van der Waals surface area contributed by atoms with Crippen molar-refractivity contribution in [3.63, 3.8) is 0 Å². The molecule has 0 aromatic heterocycles. The Bertz CT molecular complexity index is 307. The minimum absolute atomic E-state index is 0.348. The van der Waals surface area contributed by atoms with Crippen LogP contribution in [0.4, 0.5) is 5.69 Å². The Balaban J connectivity index is 2.13. The van der Waals surface area contributed by atoms with Gasteiger partial charge in [0.25, 0.3) is 0 Å². The average molecular weight is 253 g/mol. The van der Waals surface area contributed by atoms with Gasteiger partial charge < -0.3 is 4.31 Å². The van der Waals surface area contributed by atoms with Crippen molar-refractivity contribution in [2.24, 2.45) is 0 Å². The summed E-state index contributed by atoms with van der Waals surface area (Å²) >= 11 is 6.35. The molecular weight excluding hydrogens is 234 g/mol. The van der Waals surface area contributed by atoms with Crippen LogP contribution in [0.15, 0.2) is 30.3 Å². The van der Waals surface area contributed by atoms with Gasteiger partial charge in [-0.05, 0) is 43.8 Å². The highest BCUT2D eigenvalue weighted by atomic mass is 32.2. The summed E-state index contributed by atoms with van der Waals surface area (Å²) in [6, 6.07) is 11.4. The molecule has 1 aliphatic carbocycles. The standard InChI is InChI=1S/C13H19NS2/c1-11(15)16-14(13-9-5-6-10-13)12-7-3-2-4-8-12/h2-4,7-8,11,13,15H,5-6,9-10H2,1H3. The lowest BCUT2D eigenvalue weighted by Gasteiger charge is -2.30. The zero-order valence-electron chi connectivity index (χ0n) is 9.67. The van der Waals surface area contributed by atoms with Gasteiger partial charge in [0.2, 0.25) is 0 Å². The van der Waals surface area contributed by atoms with Crippen LogP contribution in [0.25, 0.3) is 0 Å². The van der Waals surface area contributed by atoms with Crippen molar-refractivity contribution in [3.8, 4) is 0 Å². The van der Waals surface area contributed by atoms with Crippen LogP contribution in [-0.4, -0.2) is 10.6 Å². The molecule has 1 aromatic rings. The highest BCUT2D eigenvalue weighted by molar-refractivity contribution is 8.11. The molecular formula is C13H19NS2. The van der Waals surface area contributed by atoms with Gasteiger partial charge in [-0.2, -0.15) is 12.6 Å². The number of hydrogen-bond donors (Lipinski definition) is 1. The normalized spacial score (nSPS) is 18.6. The second kappa shape index (κ2) is 5.87. The van der Waals surface area contributed by atoms with E-state index in [4.69, 9.17) is 0 Å². The first-order chi connectivity index (χ1) is 7.77. The Kier molecular flexibility index (Phi) is 4.47. The molecule has 1 nitrogen and oxygen atoms in total. The molecule has 0 aliphatic heterocycles. The smallest absolute Gasteiger partial charge is 0.0644 e. The van der Waals surface area contributed by atoms with Crippen molar-refractivity contribution >= 4 is 30.3 Å². The molecule has 1 fully saturated rings. The van der Waals surface area contributed by atoms with Crippen molar-refractivity contribution in [2.45, 2.75) is 43.2 Å². The molecule has 0 heterocycles. The van der Waals surface area contributed by atoms with Gasteiger partial charge in [0, 0.05) is 11.7 Å². The first-order valence-corrected chi connectivity index (χ1v) is 7.32. The van der Waals surface area contributed by atoms with Gasteiger partial charge in [-0.1, -0.05) is 31.0 Å². The fraction of sp³-hybridized carbons (Fsp3) is 0.538. The third-order valence-electron chi connectivity index (χ3n) is 2.93. The molecule has 16 heavy (non-hydrogen) atoms. The monoisotopic (exact) mass is 253 g/mol. The second-order valence-corrected chi connectivity index (χ2v) is 6.74. The molecule has 0 N–H and O–H groups in total. The van der Waals surface area contributed by atoms with E-state index in [0.717, 1.165) is 0 Å². The number of para-hydroxylation sites is 1. The summed E-state index contributed by atoms with van der Waals surface area (Å²) in [7, 11) is 0. The minimum atomic E-state index is 0.348. The SMILES string of the molecule is CC(S)SN(c1ccccc1)C1CCCC1. The van der Waals surface area contributed by atoms with Gasteiger partial charge in [0.15, 0.2) is 0 Å². The van der Waals surface area contributed by atoms with E-state index < -0.39 is 0 Å². The summed E-state index contributed by atoms with van der Waals surface area (Å²) < 4.78 is 2.81. The van der Waals surface area contributed by atoms with Crippen LogP contribution in [0.1, 0.15) is 32.6 Å². The average Bonchev–Trinajstić information content (AvgIpc) is 2.80. The van der Waals surface area contributed by atoms with Crippen LogP contribution >= 0.6 is 24.6 Å². The molecule has 1 saturated carbocycles. The van der Waals surface area contributed by atoms with Gasteiger partial charge in [-0.25, -0.2) is 0 Å². The first kappa shape index (κ1) is 12.2. The van der Waals surface area contributed by atoms with E-state index in [0.29, 0.717) is 10.6 Å². The largest absolute Gasteiger partial charge is 0.312 e. The zero-order valence-corrected chi connectivity index (χ0v) is 11.4. The molecule has 0 radical (unpaired) electrons. The summed E-state index contributed by atoms with van der Waals surface area (Å²) in [6.07, 6.45) is 5.38. The maximum Gasteiger partial charge on any atom is 0.0644 e. The summed E-state index contributed by atoms with van der Waals surface area (Å²) in [5, 5.41) is 0. The molecule has 0 saturated heterocycles. The van der Waals surface area contributed by atoms with E-state index in [2.05, 4.69) is 54.2 Å². The molecule has 3 heteroatoms. The van der Waals surface area contributed by atoms with Crippen LogP contribution in [0.3, 0.4) is 0 Å². The number of nitrogens with zero attached hydrogens (tertiary/aromatic N) is 1. The molecule has 0 amide bonds. The Morgan fingerprint density at radius 1 is 1.25 bits per heavy atom. The highest BCUT2D eigenvalue weighted by Gasteiger charge is 2.24. The van der Waals surface area contributed by atoms with E-state index in [-0.39, 0.29) is 0 Å². The predicted octanol–water partition coefficient (Wildman–Crippen LogP) is 4.36. The third-order valence-corrected chi connectivity index (χ3v) is 4.26. The van der Waals surface area contributed by atoms with Crippen LogP contribution in [0, 0.1) is 0 Å². The van der Waals surface area contributed by atoms with Crippen LogP contribution in [0.5, 0.6) is 0 Å². The molecule has 1 aromatic carbocycles. The highest BCUT2D eigenvalue weighted by Crippen LogP contribution is 2.35. The van der Waals surface area contributed by atoms with Gasteiger partial charge >= 0.3 is 0 Å². The van der Waals surface area contributed by atoms with Gasteiger partial charge in [-0.15, -0.1) is 0 Å². The van der Waals surface area contributed by atoms with Gasteiger partial charge in [0.1, 0.15) is 0 Å².